The SMILES string of the molecule is CC(NC(=O)C1CC1)C1CCCCC1. The second-order valence-corrected chi connectivity index (χ2v) is 4.97. The Morgan fingerprint density at radius 3 is 2.36 bits per heavy atom. The molecule has 2 saturated carbocycles. The third kappa shape index (κ3) is 2.49. The van der Waals surface area contributed by atoms with Crippen LogP contribution in [0.3, 0.4) is 0 Å². The van der Waals surface area contributed by atoms with Gasteiger partial charge in [-0.2, -0.15) is 0 Å². The number of carbonyl (C=O) groups excluding carboxylic acids is 1. The van der Waals surface area contributed by atoms with Crippen LogP contribution in [0.2, 0.25) is 0 Å². The lowest BCUT2D eigenvalue weighted by Crippen LogP contribution is -2.39. The van der Waals surface area contributed by atoms with Gasteiger partial charge in [0, 0.05) is 12.0 Å². The maximum atomic E-state index is 11.5. The van der Waals surface area contributed by atoms with Crippen LogP contribution in [0.5, 0.6) is 0 Å². The Morgan fingerprint density at radius 2 is 1.79 bits per heavy atom. The number of amides is 1. The van der Waals surface area contributed by atoms with E-state index in [1.807, 2.05) is 0 Å². The molecular formula is C12H21NO. The first kappa shape index (κ1) is 10.0. The van der Waals surface area contributed by atoms with Crippen molar-refractivity contribution in [2.75, 3.05) is 0 Å². The van der Waals surface area contributed by atoms with Crippen LogP contribution in [0, 0.1) is 11.8 Å². The van der Waals surface area contributed by atoms with Gasteiger partial charge in [-0.05, 0) is 38.5 Å². The van der Waals surface area contributed by atoms with Gasteiger partial charge in [0.05, 0.1) is 0 Å². The van der Waals surface area contributed by atoms with Crippen molar-refractivity contribution in [1.29, 1.82) is 0 Å². The van der Waals surface area contributed by atoms with Gasteiger partial charge in [-0.1, -0.05) is 19.3 Å². The highest BCUT2D eigenvalue weighted by atomic mass is 16.2. The molecule has 80 valence electrons. The molecule has 2 aliphatic rings. The molecule has 0 radical (unpaired) electrons. The second kappa shape index (κ2) is 4.33. The maximum Gasteiger partial charge on any atom is 0.223 e. The van der Waals surface area contributed by atoms with E-state index in [-0.39, 0.29) is 0 Å². The lowest BCUT2D eigenvalue weighted by Gasteiger charge is -2.28. The molecule has 2 aliphatic carbocycles. The van der Waals surface area contributed by atoms with Crippen LogP contribution in [0.15, 0.2) is 0 Å². The van der Waals surface area contributed by atoms with E-state index in [0.717, 1.165) is 18.8 Å². The minimum absolute atomic E-state index is 0.308. The monoisotopic (exact) mass is 195 g/mol. The molecule has 0 aromatic heterocycles. The van der Waals surface area contributed by atoms with Crippen LogP contribution >= 0.6 is 0 Å². The zero-order valence-electron chi connectivity index (χ0n) is 9.09. The summed E-state index contributed by atoms with van der Waals surface area (Å²) in [5, 5.41) is 3.17. The number of hydrogen-bond donors (Lipinski definition) is 1. The van der Waals surface area contributed by atoms with Crippen LogP contribution in [0.4, 0.5) is 0 Å². The van der Waals surface area contributed by atoms with E-state index in [9.17, 15) is 4.79 Å². The van der Waals surface area contributed by atoms with Gasteiger partial charge in [-0.25, -0.2) is 0 Å². The van der Waals surface area contributed by atoms with Gasteiger partial charge >= 0.3 is 0 Å². The van der Waals surface area contributed by atoms with Crippen molar-refractivity contribution < 1.29 is 4.79 Å². The van der Waals surface area contributed by atoms with Crippen molar-refractivity contribution in [3.05, 3.63) is 0 Å². The zero-order valence-corrected chi connectivity index (χ0v) is 9.09. The summed E-state index contributed by atoms with van der Waals surface area (Å²) in [5.41, 5.74) is 0. The summed E-state index contributed by atoms with van der Waals surface area (Å²) < 4.78 is 0. The highest BCUT2D eigenvalue weighted by molar-refractivity contribution is 5.81. The molecular weight excluding hydrogens is 174 g/mol. The Bertz CT molecular complexity index is 204. The largest absolute Gasteiger partial charge is 0.353 e. The van der Waals surface area contributed by atoms with Crippen LogP contribution < -0.4 is 5.32 Å². The molecule has 0 aromatic rings. The van der Waals surface area contributed by atoms with E-state index >= 15 is 0 Å². The molecule has 2 nitrogen and oxygen atoms in total. The molecule has 0 aromatic carbocycles. The molecule has 1 amide bonds. The van der Waals surface area contributed by atoms with Crippen molar-refractivity contribution in [2.24, 2.45) is 11.8 Å². The van der Waals surface area contributed by atoms with Gasteiger partial charge in [-0.15, -0.1) is 0 Å². The zero-order chi connectivity index (χ0) is 9.97. The topological polar surface area (TPSA) is 29.1 Å². The van der Waals surface area contributed by atoms with Crippen molar-refractivity contribution in [1.82, 2.24) is 5.32 Å². The number of nitrogens with one attached hydrogen (secondary N) is 1. The van der Waals surface area contributed by atoms with E-state index in [2.05, 4.69) is 12.2 Å². The lowest BCUT2D eigenvalue weighted by molar-refractivity contribution is -0.123. The van der Waals surface area contributed by atoms with Gasteiger partial charge < -0.3 is 5.32 Å². The van der Waals surface area contributed by atoms with Crippen molar-refractivity contribution in [2.45, 2.75) is 57.9 Å². The van der Waals surface area contributed by atoms with E-state index in [1.165, 1.54) is 32.1 Å². The second-order valence-electron chi connectivity index (χ2n) is 4.97. The molecule has 0 heterocycles. The highest BCUT2D eigenvalue weighted by Crippen LogP contribution is 2.30. The molecule has 0 spiro atoms. The standard InChI is InChI=1S/C12H21NO/c1-9(10-5-3-2-4-6-10)13-12(14)11-7-8-11/h9-11H,2-8H2,1H3,(H,13,14). The number of carbonyl (C=O) groups is 1. The molecule has 1 atom stereocenters. The maximum absolute atomic E-state index is 11.5. The molecule has 0 aliphatic heterocycles. The molecule has 2 rings (SSSR count). The number of rotatable bonds is 3. The predicted octanol–water partition coefficient (Wildman–Crippen LogP) is 2.48. The number of hydrogen-bond acceptors (Lipinski definition) is 1. The van der Waals surface area contributed by atoms with Gasteiger partial charge in [0.1, 0.15) is 0 Å². The van der Waals surface area contributed by atoms with Crippen LogP contribution in [-0.2, 0) is 4.79 Å². The first-order valence-electron chi connectivity index (χ1n) is 6.08. The quantitative estimate of drug-likeness (QED) is 0.736. The van der Waals surface area contributed by atoms with Crippen LogP contribution in [-0.4, -0.2) is 11.9 Å². The summed E-state index contributed by atoms with van der Waals surface area (Å²) in [7, 11) is 0. The summed E-state index contributed by atoms with van der Waals surface area (Å²) in [6, 6.07) is 0.406. The van der Waals surface area contributed by atoms with Crippen molar-refractivity contribution >= 4 is 5.91 Å². The van der Waals surface area contributed by atoms with E-state index in [1.54, 1.807) is 0 Å². The molecule has 1 N–H and O–H groups in total. The summed E-state index contributed by atoms with van der Waals surface area (Å²) in [4.78, 5) is 11.5. The summed E-state index contributed by atoms with van der Waals surface area (Å²) in [6.07, 6.45) is 8.95. The smallest absolute Gasteiger partial charge is 0.223 e. The third-order valence-corrected chi connectivity index (χ3v) is 3.68. The van der Waals surface area contributed by atoms with Crippen LogP contribution in [0.25, 0.3) is 0 Å². The Kier molecular flexibility index (Phi) is 3.09. The van der Waals surface area contributed by atoms with Crippen LogP contribution in [0.1, 0.15) is 51.9 Å². The first-order chi connectivity index (χ1) is 6.77. The minimum atomic E-state index is 0.308. The van der Waals surface area contributed by atoms with Crippen molar-refractivity contribution in [3.63, 3.8) is 0 Å². The summed E-state index contributed by atoms with van der Waals surface area (Å²) >= 11 is 0. The van der Waals surface area contributed by atoms with Gasteiger partial charge in [-0.3, -0.25) is 4.79 Å². The third-order valence-electron chi connectivity index (χ3n) is 3.68. The van der Waals surface area contributed by atoms with Gasteiger partial charge in [0.2, 0.25) is 5.91 Å². The minimum Gasteiger partial charge on any atom is -0.353 e. The summed E-state index contributed by atoms with van der Waals surface area (Å²) in [6.45, 7) is 2.18. The first-order valence-corrected chi connectivity index (χ1v) is 6.08. The fourth-order valence-corrected chi connectivity index (χ4v) is 2.44. The predicted molar refractivity (Wildman–Crippen MR) is 56.9 cm³/mol. The normalized spacial score (nSPS) is 25.8. The Morgan fingerprint density at radius 1 is 1.14 bits per heavy atom. The Labute approximate surface area is 86.5 Å². The molecule has 2 heteroatoms. The average Bonchev–Trinajstić information content (AvgIpc) is 3.02. The highest BCUT2D eigenvalue weighted by Gasteiger charge is 2.31. The van der Waals surface area contributed by atoms with Crippen molar-refractivity contribution in [3.8, 4) is 0 Å². The molecule has 1 unspecified atom stereocenters. The average molecular weight is 195 g/mol. The van der Waals surface area contributed by atoms with E-state index in [4.69, 9.17) is 0 Å². The Balaban J connectivity index is 1.75. The van der Waals surface area contributed by atoms with Gasteiger partial charge in [0.15, 0.2) is 0 Å². The fourth-order valence-electron chi connectivity index (χ4n) is 2.44. The fraction of sp³-hybridized carbons (Fsp3) is 0.917. The Hall–Kier alpha value is -0.530. The van der Waals surface area contributed by atoms with E-state index in [0.29, 0.717) is 17.9 Å². The molecule has 2 fully saturated rings. The molecule has 14 heavy (non-hydrogen) atoms. The van der Waals surface area contributed by atoms with Gasteiger partial charge in [0.25, 0.3) is 0 Å². The van der Waals surface area contributed by atoms with E-state index < -0.39 is 0 Å². The molecule has 0 bridgehead atoms. The lowest BCUT2D eigenvalue weighted by atomic mass is 9.84. The molecule has 0 saturated heterocycles. The summed E-state index contributed by atoms with van der Waals surface area (Å²) in [5.74, 6) is 1.41.